The van der Waals surface area contributed by atoms with Gasteiger partial charge in [-0.05, 0) is 99.1 Å². The number of carbonyl (C=O) groups is 2. The molecule has 1 aromatic carbocycles. The Hall–Kier alpha value is -3.99. The van der Waals surface area contributed by atoms with Gasteiger partial charge in [0.2, 0.25) is 5.91 Å². The number of benzene rings is 1. The number of aryl methyl sites for hydroxylation is 1. The molecular weight excluding hydrogens is 613 g/mol. The largest absolute Gasteiger partial charge is 0.496 e. The predicted molar refractivity (Wildman–Crippen MR) is 183 cm³/mol. The summed E-state index contributed by atoms with van der Waals surface area (Å²) >= 11 is 0. The summed E-state index contributed by atoms with van der Waals surface area (Å²) in [6.45, 7) is 3.68. The number of halogens is 1. The number of amides is 2. The molecule has 1 unspecified atom stereocenters. The summed E-state index contributed by atoms with van der Waals surface area (Å²) in [5.41, 5.74) is 4.29. The lowest BCUT2D eigenvalue weighted by molar-refractivity contribution is -0.123. The van der Waals surface area contributed by atoms with Crippen LogP contribution in [0.1, 0.15) is 87.8 Å². The smallest absolute Gasteiger partial charge is 0.407 e. The summed E-state index contributed by atoms with van der Waals surface area (Å²) < 4.78 is 25.6. The average molecular weight is 664 g/mol. The Morgan fingerprint density at radius 2 is 1.85 bits per heavy atom. The molecule has 0 aliphatic heterocycles. The van der Waals surface area contributed by atoms with Crippen molar-refractivity contribution in [3.8, 4) is 16.9 Å². The molecule has 2 fully saturated rings. The van der Waals surface area contributed by atoms with Gasteiger partial charge in [-0.15, -0.1) is 0 Å². The Morgan fingerprint density at radius 1 is 1.08 bits per heavy atom. The number of alkyl carbamates (subject to hydrolysis) is 1. The Kier molecular flexibility index (Phi) is 12.4. The monoisotopic (exact) mass is 663 g/mol. The van der Waals surface area contributed by atoms with E-state index in [1.165, 1.54) is 12.0 Å². The first-order valence-electron chi connectivity index (χ1n) is 17.4. The number of pyridine rings is 1. The fourth-order valence-electron chi connectivity index (χ4n) is 7.01. The molecule has 0 spiro atoms. The predicted octanol–water partition coefficient (Wildman–Crippen LogP) is 6.77. The van der Waals surface area contributed by atoms with E-state index in [1.54, 1.807) is 24.2 Å². The van der Waals surface area contributed by atoms with Gasteiger partial charge in [0.15, 0.2) is 0 Å². The highest BCUT2D eigenvalue weighted by Crippen LogP contribution is 2.38. The van der Waals surface area contributed by atoms with E-state index in [-0.39, 0.29) is 31.0 Å². The Bertz CT molecular complexity index is 1500. The molecule has 11 heteroatoms. The molecule has 2 aliphatic carbocycles. The SMILES string of the molecule is COc1ccc(C2CCC(CN(C(=O)C3CCCCC3)c3cc(-c4cnn(C(C)COC(=O)NC[C@H](F)CO)c4)ccn3)CC2)cc1C. The Balaban J connectivity index is 1.26. The Morgan fingerprint density at radius 3 is 2.56 bits per heavy atom. The van der Waals surface area contributed by atoms with Crippen LogP contribution in [0, 0.1) is 18.8 Å². The maximum absolute atomic E-state index is 14.1. The van der Waals surface area contributed by atoms with Crippen molar-refractivity contribution in [1.82, 2.24) is 20.1 Å². The molecule has 2 atom stereocenters. The molecule has 260 valence electrons. The van der Waals surface area contributed by atoms with E-state index in [4.69, 9.17) is 19.6 Å². The number of aliphatic hydroxyl groups is 1. The highest BCUT2D eigenvalue weighted by Gasteiger charge is 2.31. The molecule has 3 aromatic rings. The molecule has 0 radical (unpaired) electrons. The third-order valence-electron chi connectivity index (χ3n) is 9.93. The van der Waals surface area contributed by atoms with Gasteiger partial charge >= 0.3 is 6.09 Å². The van der Waals surface area contributed by atoms with Crippen molar-refractivity contribution in [2.75, 3.05) is 38.3 Å². The quantitative estimate of drug-likeness (QED) is 0.207. The zero-order valence-corrected chi connectivity index (χ0v) is 28.4. The van der Waals surface area contributed by atoms with Crippen molar-refractivity contribution in [1.29, 1.82) is 0 Å². The van der Waals surface area contributed by atoms with Crippen LogP contribution in [0.5, 0.6) is 5.75 Å². The van der Waals surface area contributed by atoms with Crippen LogP contribution >= 0.6 is 0 Å². The molecule has 2 saturated carbocycles. The van der Waals surface area contributed by atoms with E-state index in [1.807, 2.05) is 30.2 Å². The fourth-order valence-corrected chi connectivity index (χ4v) is 7.01. The first-order valence-corrected chi connectivity index (χ1v) is 17.4. The number of aromatic nitrogens is 3. The van der Waals surface area contributed by atoms with Crippen LogP contribution in [0.15, 0.2) is 48.9 Å². The third-order valence-corrected chi connectivity index (χ3v) is 9.93. The zero-order chi connectivity index (χ0) is 34.0. The number of methoxy groups -OCH3 is 1. The van der Waals surface area contributed by atoms with Crippen LogP contribution in [0.2, 0.25) is 0 Å². The lowest BCUT2D eigenvalue weighted by Crippen LogP contribution is -2.41. The maximum Gasteiger partial charge on any atom is 0.407 e. The number of nitrogens with zero attached hydrogens (tertiary/aromatic N) is 4. The number of alkyl halides is 1. The molecule has 2 amide bonds. The molecular formula is C37H50FN5O5. The van der Waals surface area contributed by atoms with E-state index in [9.17, 15) is 14.0 Å². The van der Waals surface area contributed by atoms with Crippen LogP contribution in [0.25, 0.3) is 11.1 Å². The second-order valence-corrected chi connectivity index (χ2v) is 13.5. The number of hydrogen-bond donors (Lipinski definition) is 2. The standard InChI is InChI=1S/C37H50FN5O5/c1-25-17-30(13-14-34(25)47-3)28-11-9-27(10-12-28)21-42(36(45)29-7-5-4-6-8-29)35-18-31(15-16-39-35)32-19-41-43(22-32)26(2)24-48-37(46)40-20-33(38)23-44/h13-19,22,26-29,33,44H,4-12,20-21,23-24H2,1-3H3,(H,40,46)/t26?,27?,28?,33-/m0/s1. The van der Waals surface area contributed by atoms with Crippen LogP contribution in [-0.2, 0) is 9.53 Å². The molecule has 10 nitrogen and oxygen atoms in total. The van der Waals surface area contributed by atoms with Gasteiger partial charge in [0.1, 0.15) is 24.3 Å². The number of rotatable bonds is 13. The third kappa shape index (κ3) is 9.12. The molecule has 2 aliphatic rings. The van der Waals surface area contributed by atoms with E-state index >= 15 is 0 Å². The van der Waals surface area contributed by atoms with Gasteiger partial charge in [0, 0.05) is 30.4 Å². The normalized spacial score (nSPS) is 19.7. The highest BCUT2D eigenvalue weighted by molar-refractivity contribution is 5.94. The number of carbonyl (C=O) groups excluding carboxylic acids is 2. The number of aliphatic hydroxyl groups excluding tert-OH is 1. The van der Waals surface area contributed by atoms with E-state index in [0.29, 0.717) is 24.2 Å². The molecule has 2 aromatic heterocycles. The fraction of sp³-hybridized carbons (Fsp3) is 0.568. The van der Waals surface area contributed by atoms with Crippen LogP contribution in [0.3, 0.4) is 0 Å². The van der Waals surface area contributed by atoms with Crippen LogP contribution in [-0.4, -0.2) is 71.5 Å². The second-order valence-electron chi connectivity index (χ2n) is 13.5. The molecule has 48 heavy (non-hydrogen) atoms. The minimum Gasteiger partial charge on any atom is -0.496 e. The first kappa shape index (κ1) is 35.3. The minimum atomic E-state index is -1.53. The van der Waals surface area contributed by atoms with Crippen LogP contribution in [0.4, 0.5) is 15.0 Å². The summed E-state index contributed by atoms with van der Waals surface area (Å²) in [6.07, 6.45) is 12.6. The number of hydrogen-bond acceptors (Lipinski definition) is 7. The zero-order valence-electron chi connectivity index (χ0n) is 28.4. The lowest BCUT2D eigenvalue weighted by Gasteiger charge is -2.35. The number of anilines is 1. The molecule has 5 rings (SSSR count). The summed E-state index contributed by atoms with van der Waals surface area (Å²) in [7, 11) is 1.71. The number of nitrogens with one attached hydrogen (secondary N) is 1. The molecule has 0 bridgehead atoms. The van der Waals surface area contributed by atoms with Crippen molar-refractivity contribution in [3.05, 3.63) is 60.0 Å². The van der Waals surface area contributed by atoms with E-state index in [0.717, 1.165) is 73.8 Å². The van der Waals surface area contributed by atoms with Crippen molar-refractivity contribution < 1.29 is 28.6 Å². The van der Waals surface area contributed by atoms with Crippen molar-refractivity contribution in [2.24, 2.45) is 11.8 Å². The van der Waals surface area contributed by atoms with Gasteiger partial charge in [-0.2, -0.15) is 5.10 Å². The van der Waals surface area contributed by atoms with Crippen molar-refractivity contribution in [3.63, 3.8) is 0 Å². The minimum absolute atomic E-state index is 0.0306. The van der Waals surface area contributed by atoms with Gasteiger partial charge in [-0.3, -0.25) is 14.4 Å². The van der Waals surface area contributed by atoms with E-state index in [2.05, 4.69) is 35.5 Å². The van der Waals surface area contributed by atoms with E-state index < -0.39 is 18.9 Å². The maximum atomic E-state index is 14.1. The lowest BCUT2D eigenvalue weighted by atomic mass is 9.78. The number of ether oxygens (including phenoxy) is 2. The van der Waals surface area contributed by atoms with Gasteiger partial charge in [0.05, 0.1) is 32.5 Å². The van der Waals surface area contributed by atoms with Gasteiger partial charge in [-0.1, -0.05) is 31.4 Å². The van der Waals surface area contributed by atoms with Crippen molar-refractivity contribution in [2.45, 2.75) is 89.8 Å². The summed E-state index contributed by atoms with van der Waals surface area (Å²) in [5, 5.41) is 15.6. The molecule has 2 N–H and O–H groups in total. The van der Waals surface area contributed by atoms with Gasteiger partial charge < -0.3 is 19.9 Å². The second kappa shape index (κ2) is 16.9. The topological polar surface area (TPSA) is 119 Å². The average Bonchev–Trinajstić information content (AvgIpc) is 3.63. The summed E-state index contributed by atoms with van der Waals surface area (Å²) in [6, 6.07) is 10.2. The van der Waals surface area contributed by atoms with Gasteiger partial charge in [-0.25, -0.2) is 14.2 Å². The van der Waals surface area contributed by atoms with Gasteiger partial charge in [0.25, 0.3) is 0 Å². The summed E-state index contributed by atoms with van der Waals surface area (Å²) in [5.74, 6) is 2.73. The summed E-state index contributed by atoms with van der Waals surface area (Å²) in [4.78, 5) is 32.7. The molecule has 2 heterocycles. The highest BCUT2D eigenvalue weighted by atomic mass is 19.1. The van der Waals surface area contributed by atoms with Crippen LogP contribution < -0.4 is 15.0 Å². The first-order chi connectivity index (χ1) is 23.2. The van der Waals surface area contributed by atoms with Crippen molar-refractivity contribution >= 4 is 17.8 Å². The Labute approximate surface area is 283 Å². The molecule has 0 saturated heterocycles.